The Labute approximate surface area is 129 Å². The molecular weight excluding hydrogens is 262 g/mol. The molecule has 0 aromatic carbocycles. The Morgan fingerprint density at radius 1 is 1.33 bits per heavy atom. The Morgan fingerprint density at radius 2 is 2.10 bits per heavy atom. The lowest BCUT2D eigenvalue weighted by Crippen LogP contribution is -2.39. The van der Waals surface area contributed by atoms with Crippen LogP contribution in [0.25, 0.3) is 0 Å². The standard InChI is InChI=1S/C17H31N3O/c1-4-11-18-16(15-12-19-20(5-2)13-15)17(21-3)14-9-7-6-8-10-14/h12-14,16-18H,4-11H2,1-3H3. The number of ether oxygens (including phenoxy) is 1. The third-order valence-electron chi connectivity index (χ3n) is 4.67. The van der Waals surface area contributed by atoms with Crippen LogP contribution in [-0.4, -0.2) is 29.5 Å². The number of nitrogens with one attached hydrogen (secondary N) is 1. The van der Waals surface area contributed by atoms with Gasteiger partial charge in [-0.25, -0.2) is 0 Å². The second kappa shape index (κ2) is 8.54. The van der Waals surface area contributed by atoms with E-state index in [1.807, 2.05) is 18.0 Å². The Hall–Kier alpha value is -0.870. The van der Waals surface area contributed by atoms with Gasteiger partial charge in [0.15, 0.2) is 0 Å². The van der Waals surface area contributed by atoms with Crippen LogP contribution in [0.5, 0.6) is 0 Å². The normalized spacial score (nSPS) is 19.6. The van der Waals surface area contributed by atoms with Crippen LogP contribution < -0.4 is 5.32 Å². The van der Waals surface area contributed by atoms with Crippen molar-refractivity contribution in [1.82, 2.24) is 15.1 Å². The predicted octanol–water partition coefficient (Wildman–Crippen LogP) is 3.54. The number of hydrogen-bond acceptors (Lipinski definition) is 3. The SMILES string of the molecule is CCCNC(c1cnn(CC)c1)C(OC)C1CCCCC1. The van der Waals surface area contributed by atoms with Gasteiger partial charge in [0.25, 0.3) is 0 Å². The Bertz CT molecular complexity index is 398. The second-order valence-corrected chi connectivity index (χ2v) is 6.16. The summed E-state index contributed by atoms with van der Waals surface area (Å²) in [7, 11) is 1.87. The van der Waals surface area contributed by atoms with Gasteiger partial charge in [0, 0.05) is 25.4 Å². The van der Waals surface area contributed by atoms with Crippen molar-refractivity contribution in [3.8, 4) is 0 Å². The lowest BCUT2D eigenvalue weighted by Gasteiger charge is -2.35. The minimum absolute atomic E-state index is 0.256. The summed E-state index contributed by atoms with van der Waals surface area (Å²) >= 11 is 0. The Kier molecular flexibility index (Phi) is 6.71. The minimum atomic E-state index is 0.256. The van der Waals surface area contributed by atoms with Crippen molar-refractivity contribution in [1.29, 1.82) is 0 Å². The van der Waals surface area contributed by atoms with E-state index in [4.69, 9.17) is 4.74 Å². The summed E-state index contributed by atoms with van der Waals surface area (Å²) in [5.41, 5.74) is 1.27. The fraction of sp³-hybridized carbons (Fsp3) is 0.824. The highest BCUT2D eigenvalue weighted by Gasteiger charge is 2.32. The van der Waals surface area contributed by atoms with Gasteiger partial charge in [-0.3, -0.25) is 4.68 Å². The fourth-order valence-electron chi connectivity index (χ4n) is 3.50. The summed E-state index contributed by atoms with van der Waals surface area (Å²) in [4.78, 5) is 0. The molecule has 4 nitrogen and oxygen atoms in total. The Morgan fingerprint density at radius 3 is 2.67 bits per heavy atom. The molecule has 1 saturated carbocycles. The van der Waals surface area contributed by atoms with Gasteiger partial charge in [0.2, 0.25) is 0 Å². The summed E-state index contributed by atoms with van der Waals surface area (Å²) < 4.78 is 7.95. The largest absolute Gasteiger partial charge is 0.379 e. The summed E-state index contributed by atoms with van der Waals surface area (Å²) in [6.07, 6.45) is 12.2. The molecule has 1 N–H and O–H groups in total. The highest BCUT2D eigenvalue weighted by Crippen LogP contribution is 2.34. The van der Waals surface area contributed by atoms with Gasteiger partial charge < -0.3 is 10.1 Å². The summed E-state index contributed by atoms with van der Waals surface area (Å²) in [5, 5.41) is 8.14. The van der Waals surface area contributed by atoms with Crippen LogP contribution in [0.15, 0.2) is 12.4 Å². The molecule has 21 heavy (non-hydrogen) atoms. The van der Waals surface area contributed by atoms with Gasteiger partial charge in [-0.15, -0.1) is 0 Å². The van der Waals surface area contributed by atoms with E-state index in [0.29, 0.717) is 5.92 Å². The molecule has 1 aliphatic rings. The van der Waals surface area contributed by atoms with Crippen molar-refractivity contribution < 1.29 is 4.74 Å². The molecule has 1 aromatic heterocycles. The van der Waals surface area contributed by atoms with E-state index in [2.05, 4.69) is 30.5 Å². The predicted molar refractivity (Wildman–Crippen MR) is 86.3 cm³/mol. The molecule has 1 fully saturated rings. The summed E-state index contributed by atoms with van der Waals surface area (Å²) in [5.74, 6) is 0.670. The molecule has 1 heterocycles. The topological polar surface area (TPSA) is 39.1 Å². The van der Waals surface area contributed by atoms with Crippen molar-refractivity contribution in [2.24, 2.45) is 5.92 Å². The molecule has 0 saturated heterocycles. The van der Waals surface area contributed by atoms with Crippen LogP contribution in [-0.2, 0) is 11.3 Å². The van der Waals surface area contributed by atoms with E-state index < -0.39 is 0 Å². The summed E-state index contributed by atoms with van der Waals surface area (Å²) in [6, 6.07) is 0.262. The van der Waals surface area contributed by atoms with Crippen LogP contribution in [0.3, 0.4) is 0 Å². The third kappa shape index (κ3) is 4.30. The first-order valence-corrected chi connectivity index (χ1v) is 8.58. The molecular formula is C17H31N3O. The third-order valence-corrected chi connectivity index (χ3v) is 4.67. The smallest absolute Gasteiger partial charge is 0.0795 e. The van der Waals surface area contributed by atoms with Gasteiger partial charge in [-0.2, -0.15) is 5.10 Å². The zero-order valence-electron chi connectivity index (χ0n) is 13.8. The van der Waals surface area contributed by atoms with Crippen LogP contribution in [0.2, 0.25) is 0 Å². The van der Waals surface area contributed by atoms with E-state index in [-0.39, 0.29) is 12.1 Å². The summed E-state index contributed by atoms with van der Waals surface area (Å²) in [6.45, 7) is 6.28. The van der Waals surface area contributed by atoms with Crippen LogP contribution in [0, 0.1) is 5.92 Å². The van der Waals surface area contributed by atoms with Crippen LogP contribution in [0.4, 0.5) is 0 Å². The molecule has 2 atom stereocenters. The van der Waals surface area contributed by atoms with Gasteiger partial charge >= 0.3 is 0 Å². The van der Waals surface area contributed by atoms with Gasteiger partial charge in [-0.1, -0.05) is 26.2 Å². The Balaban J connectivity index is 2.15. The molecule has 1 aromatic rings. The molecule has 0 aliphatic heterocycles. The molecule has 0 bridgehead atoms. The number of hydrogen-bond donors (Lipinski definition) is 1. The monoisotopic (exact) mass is 293 g/mol. The van der Waals surface area contributed by atoms with Crippen LogP contribution >= 0.6 is 0 Å². The fourth-order valence-corrected chi connectivity index (χ4v) is 3.50. The second-order valence-electron chi connectivity index (χ2n) is 6.16. The average molecular weight is 293 g/mol. The van der Waals surface area contributed by atoms with Gasteiger partial charge in [0.05, 0.1) is 18.3 Å². The number of aryl methyl sites for hydroxylation is 1. The molecule has 2 unspecified atom stereocenters. The zero-order valence-corrected chi connectivity index (χ0v) is 13.8. The first-order valence-electron chi connectivity index (χ1n) is 8.58. The maximum atomic E-state index is 5.95. The molecule has 0 spiro atoms. The number of aromatic nitrogens is 2. The molecule has 4 heteroatoms. The van der Waals surface area contributed by atoms with Gasteiger partial charge in [-0.05, 0) is 38.6 Å². The first-order chi connectivity index (χ1) is 10.3. The number of methoxy groups -OCH3 is 1. The number of rotatable bonds is 8. The van der Waals surface area contributed by atoms with E-state index in [0.717, 1.165) is 19.5 Å². The van der Waals surface area contributed by atoms with Crippen molar-refractivity contribution in [2.75, 3.05) is 13.7 Å². The molecule has 0 amide bonds. The first kappa shape index (κ1) is 16.5. The lowest BCUT2D eigenvalue weighted by molar-refractivity contribution is 0.00754. The van der Waals surface area contributed by atoms with E-state index in [9.17, 15) is 0 Å². The quantitative estimate of drug-likeness (QED) is 0.797. The molecule has 1 aliphatic carbocycles. The zero-order chi connectivity index (χ0) is 15.1. The van der Waals surface area contributed by atoms with Crippen molar-refractivity contribution >= 4 is 0 Å². The molecule has 2 rings (SSSR count). The highest BCUT2D eigenvalue weighted by atomic mass is 16.5. The minimum Gasteiger partial charge on any atom is -0.379 e. The van der Waals surface area contributed by atoms with E-state index in [1.165, 1.54) is 37.7 Å². The van der Waals surface area contributed by atoms with Gasteiger partial charge in [0.1, 0.15) is 0 Å². The lowest BCUT2D eigenvalue weighted by atomic mass is 9.81. The van der Waals surface area contributed by atoms with Crippen molar-refractivity contribution in [2.45, 2.75) is 71.1 Å². The van der Waals surface area contributed by atoms with E-state index in [1.54, 1.807) is 0 Å². The molecule has 120 valence electrons. The highest BCUT2D eigenvalue weighted by molar-refractivity contribution is 5.13. The number of nitrogens with zero attached hydrogens (tertiary/aromatic N) is 2. The molecule has 0 radical (unpaired) electrons. The van der Waals surface area contributed by atoms with Crippen molar-refractivity contribution in [3.05, 3.63) is 18.0 Å². The van der Waals surface area contributed by atoms with E-state index >= 15 is 0 Å². The van der Waals surface area contributed by atoms with Crippen LogP contribution in [0.1, 0.15) is 64.0 Å². The maximum absolute atomic E-state index is 5.95. The van der Waals surface area contributed by atoms with Crippen molar-refractivity contribution in [3.63, 3.8) is 0 Å². The average Bonchev–Trinajstić information content (AvgIpc) is 3.01. The maximum Gasteiger partial charge on any atom is 0.0795 e.